The van der Waals surface area contributed by atoms with Gasteiger partial charge in [-0.25, -0.2) is 5.01 Å². The Balaban J connectivity index is 2.38. The first kappa shape index (κ1) is 7.98. The molecular weight excluding hydrogens is 128 g/mol. The summed E-state index contributed by atoms with van der Waals surface area (Å²) in [7, 11) is 0. The fourth-order valence-electron chi connectivity index (χ4n) is 1.45. The minimum absolute atomic E-state index is 0.121. The van der Waals surface area contributed by atoms with Crippen molar-refractivity contribution in [3.8, 4) is 0 Å². The minimum atomic E-state index is -0.121. The van der Waals surface area contributed by atoms with Gasteiger partial charge in [0, 0.05) is 13.1 Å². The molecule has 0 radical (unpaired) electrons. The molecule has 0 aromatic heterocycles. The predicted octanol–water partition coefficient (Wildman–Crippen LogP) is -0.0471. The normalized spacial score (nSPS) is 36.3. The molecule has 0 amide bonds. The first-order chi connectivity index (χ1) is 4.74. The summed E-state index contributed by atoms with van der Waals surface area (Å²) in [5, 5.41) is 11.2. The molecule has 1 aliphatic heterocycles. The maximum atomic E-state index is 9.40. The monoisotopic (exact) mass is 144 g/mol. The summed E-state index contributed by atoms with van der Waals surface area (Å²) in [5.41, 5.74) is 0. The van der Waals surface area contributed by atoms with Crippen LogP contribution >= 0.6 is 0 Å². The molecule has 3 heteroatoms. The van der Waals surface area contributed by atoms with Crippen LogP contribution in [0.4, 0.5) is 0 Å². The lowest BCUT2D eigenvalue weighted by molar-refractivity contribution is 0.0250. The van der Waals surface area contributed by atoms with E-state index in [0.717, 1.165) is 25.9 Å². The summed E-state index contributed by atoms with van der Waals surface area (Å²) in [6, 6.07) is 0. The van der Waals surface area contributed by atoms with E-state index in [9.17, 15) is 5.11 Å². The van der Waals surface area contributed by atoms with Crippen molar-refractivity contribution in [1.29, 1.82) is 0 Å². The van der Waals surface area contributed by atoms with Crippen molar-refractivity contribution in [3.63, 3.8) is 0 Å². The highest BCUT2D eigenvalue weighted by Crippen LogP contribution is 2.17. The van der Waals surface area contributed by atoms with Gasteiger partial charge >= 0.3 is 0 Å². The van der Waals surface area contributed by atoms with E-state index in [1.165, 1.54) is 0 Å². The SMILES string of the molecule is CC[C@@H]1CN(N)CC[C@@H]1O. The molecule has 0 spiro atoms. The van der Waals surface area contributed by atoms with E-state index < -0.39 is 0 Å². The summed E-state index contributed by atoms with van der Waals surface area (Å²) < 4.78 is 0. The average molecular weight is 144 g/mol. The summed E-state index contributed by atoms with van der Waals surface area (Å²) in [6.07, 6.45) is 1.73. The van der Waals surface area contributed by atoms with Crippen molar-refractivity contribution in [3.05, 3.63) is 0 Å². The molecule has 1 aliphatic rings. The average Bonchev–Trinajstić information content (AvgIpc) is 1.94. The van der Waals surface area contributed by atoms with Crippen LogP contribution in [0.2, 0.25) is 0 Å². The van der Waals surface area contributed by atoms with Crippen LogP contribution in [0.15, 0.2) is 0 Å². The highest BCUT2D eigenvalue weighted by molar-refractivity contribution is 4.76. The second-order valence-corrected chi connectivity index (χ2v) is 3.02. The Bertz CT molecular complexity index is 108. The molecule has 0 bridgehead atoms. The lowest BCUT2D eigenvalue weighted by atomic mass is 9.93. The molecule has 60 valence electrons. The topological polar surface area (TPSA) is 49.5 Å². The van der Waals surface area contributed by atoms with Crippen LogP contribution in [0, 0.1) is 5.92 Å². The molecule has 0 aromatic rings. The van der Waals surface area contributed by atoms with E-state index in [1.54, 1.807) is 5.01 Å². The predicted molar refractivity (Wildman–Crippen MR) is 40.2 cm³/mol. The van der Waals surface area contributed by atoms with Crippen molar-refractivity contribution in [2.45, 2.75) is 25.9 Å². The Labute approximate surface area is 61.8 Å². The summed E-state index contributed by atoms with van der Waals surface area (Å²) in [4.78, 5) is 0. The van der Waals surface area contributed by atoms with Crippen LogP contribution in [0.25, 0.3) is 0 Å². The van der Waals surface area contributed by atoms with E-state index in [1.807, 2.05) is 0 Å². The van der Waals surface area contributed by atoms with Crippen molar-refractivity contribution < 1.29 is 5.11 Å². The molecule has 1 saturated heterocycles. The van der Waals surface area contributed by atoms with Crippen LogP contribution in [0.3, 0.4) is 0 Å². The van der Waals surface area contributed by atoms with Gasteiger partial charge in [0.15, 0.2) is 0 Å². The van der Waals surface area contributed by atoms with Gasteiger partial charge in [-0.2, -0.15) is 0 Å². The van der Waals surface area contributed by atoms with Gasteiger partial charge in [0.05, 0.1) is 6.10 Å². The van der Waals surface area contributed by atoms with Crippen molar-refractivity contribution in [2.75, 3.05) is 13.1 Å². The molecule has 2 atom stereocenters. The van der Waals surface area contributed by atoms with Gasteiger partial charge in [0.25, 0.3) is 0 Å². The number of aliphatic hydroxyl groups is 1. The number of piperidine rings is 1. The van der Waals surface area contributed by atoms with Gasteiger partial charge in [-0.05, 0) is 18.8 Å². The molecule has 1 heterocycles. The molecule has 3 N–H and O–H groups in total. The quantitative estimate of drug-likeness (QED) is 0.507. The zero-order valence-electron chi connectivity index (χ0n) is 6.45. The Hall–Kier alpha value is -0.120. The highest BCUT2D eigenvalue weighted by Gasteiger charge is 2.24. The van der Waals surface area contributed by atoms with Crippen LogP contribution < -0.4 is 5.84 Å². The fraction of sp³-hybridized carbons (Fsp3) is 1.00. The molecule has 3 nitrogen and oxygen atoms in total. The van der Waals surface area contributed by atoms with E-state index in [0.29, 0.717) is 5.92 Å². The molecule has 0 aliphatic carbocycles. The van der Waals surface area contributed by atoms with Gasteiger partial charge in [-0.15, -0.1) is 0 Å². The number of nitrogens with zero attached hydrogens (tertiary/aromatic N) is 1. The highest BCUT2D eigenvalue weighted by atomic mass is 16.3. The lowest BCUT2D eigenvalue weighted by Gasteiger charge is -2.32. The second-order valence-electron chi connectivity index (χ2n) is 3.02. The zero-order chi connectivity index (χ0) is 7.56. The van der Waals surface area contributed by atoms with Gasteiger partial charge in [-0.3, -0.25) is 5.84 Å². The Morgan fingerprint density at radius 1 is 1.70 bits per heavy atom. The number of hydrogen-bond acceptors (Lipinski definition) is 3. The standard InChI is InChI=1S/C7H16N2O/c1-2-6-5-9(8)4-3-7(6)10/h6-7,10H,2-5,8H2,1H3/t6-,7+/m1/s1. The first-order valence-corrected chi connectivity index (χ1v) is 3.91. The van der Waals surface area contributed by atoms with E-state index in [-0.39, 0.29) is 6.10 Å². The number of rotatable bonds is 1. The number of hydrazine groups is 1. The Kier molecular flexibility index (Phi) is 2.65. The Morgan fingerprint density at radius 3 is 2.90 bits per heavy atom. The van der Waals surface area contributed by atoms with Crippen LogP contribution in [0.5, 0.6) is 0 Å². The number of hydrogen-bond donors (Lipinski definition) is 2. The van der Waals surface area contributed by atoms with E-state index in [2.05, 4.69) is 6.92 Å². The third kappa shape index (κ3) is 1.68. The minimum Gasteiger partial charge on any atom is -0.393 e. The van der Waals surface area contributed by atoms with Crippen molar-refractivity contribution in [2.24, 2.45) is 11.8 Å². The first-order valence-electron chi connectivity index (χ1n) is 3.91. The zero-order valence-corrected chi connectivity index (χ0v) is 6.45. The van der Waals surface area contributed by atoms with Gasteiger partial charge in [-0.1, -0.05) is 6.92 Å². The molecular formula is C7H16N2O. The molecule has 1 fully saturated rings. The number of nitrogens with two attached hydrogens (primary N) is 1. The molecule has 0 aromatic carbocycles. The van der Waals surface area contributed by atoms with E-state index >= 15 is 0 Å². The van der Waals surface area contributed by atoms with Crippen LogP contribution in [0.1, 0.15) is 19.8 Å². The second kappa shape index (κ2) is 3.32. The largest absolute Gasteiger partial charge is 0.393 e. The summed E-state index contributed by atoms with van der Waals surface area (Å²) in [6.45, 7) is 3.77. The smallest absolute Gasteiger partial charge is 0.0593 e. The third-order valence-corrected chi connectivity index (χ3v) is 2.25. The lowest BCUT2D eigenvalue weighted by Crippen LogP contribution is -2.46. The fourth-order valence-corrected chi connectivity index (χ4v) is 1.45. The maximum absolute atomic E-state index is 9.40. The number of aliphatic hydroxyl groups excluding tert-OH is 1. The molecule has 0 saturated carbocycles. The maximum Gasteiger partial charge on any atom is 0.0593 e. The Morgan fingerprint density at radius 2 is 2.40 bits per heavy atom. The van der Waals surface area contributed by atoms with Crippen molar-refractivity contribution in [1.82, 2.24) is 5.01 Å². The molecule has 0 unspecified atom stereocenters. The summed E-state index contributed by atoms with van der Waals surface area (Å²) in [5.74, 6) is 5.97. The van der Waals surface area contributed by atoms with Crippen LogP contribution in [-0.2, 0) is 0 Å². The van der Waals surface area contributed by atoms with Gasteiger partial charge < -0.3 is 5.11 Å². The van der Waals surface area contributed by atoms with Gasteiger partial charge in [0.2, 0.25) is 0 Å². The third-order valence-electron chi connectivity index (χ3n) is 2.25. The van der Waals surface area contributed by atoms with Crippen LogP contribution in [-0.4, -0.2) is 29.3 Å². The van der Waals surface area contributed by atoms with Gasteiger partial charge in [0.1, 0.15) is 0 Å². The van der Waals surface area contributed by atoms with Crippen molar-refractivity contribution >= 4 is 0 Å². The summed E-state index contributed by atoms with van der Waals surface area (Å²) >= 11 is 0. The molecule has 1 rings (SSSR count). The van der Waals surface area contributed by atoms with E-state index in [4.69, 9.17) is 5.84 Å². The molecule has 10 heavy (non-hydrogen) atoms.